The smallest absolute Gasteiger partial charge is 0.171 e. The molecule has 0 aromatic rings. The second kappa shape index (κ2) is 14.1. The SMILES string of the molecule is C[C@H]1CC=C(C2=[C-]CCCC2)[N-]C1.[2H]C([2H])([2H])C1=NC2OC3=C(C4[N-]CC=C5C(C([2H])([2H])C(C)(C)C)=C(C)S[C@@H]54)[CH-]CC[C@H]3C2CC1.[Ir]. The molecule has 5 aliphatic heterocycles. The molecule has 5 heterocycles. The zero-order valence-corrected chi connectivity index (χ0v) is 29.7. The Kier molecular flexibility index (Phi) is 8.82. The van der Waals surface area contributed by atoms with Crippen molar-refractivity contribution >= 4 is 17.5 Å². The second-order valence-corrected chi connectivity index (χ2v) is 15.3. The van der Waals surface area contributed by atoms with E-state index in [1.165, 1.54) is 37.0 Å². The summed E-state index contributed by atoms with van der Waals surface area (Å²) in [5, 5.41) is 9.64. The fourth-order valence-corrected chi connectivity index (χ4v) is 8.63. The van der Waals surface area contributed by atoms with Crippen molar-refractivity contribution in [3.8, 4) is 0 Å². The van der Waals surface area contributed by atoms with Gasteiger partial charge in [0.2, 0.25) is 0 Å². The molecule has 0 saturated carbocycles. The number of hydrogen-bond donors (Lipinski definition) is 0. The van der Waals surface area contributed by atoms with Gasteiger partial charge in [0.1, 0.15) is 0 Å². The predicted molar refractivity (Wildman–Crippen MR) is 178 cm³/mol. The van der Waals surface area contributed by atoms with E-state index >= 15 is 0 Å². The minimum absolute atomic E-state index is 0. The van der Waals surface area contributed by atoms with Crippen molar-refractivity contribution in [2.24, 2.45) is 28.2 Å². The molecule has 3 unspecified atom stereocenters. The molecule has 6 atom stereocenters. The van der Waals surface area contributed by atoms with Crippen LogP contribution >= 0.6 is 11.8 Å². The number of rotatable bonds is 3. The van der Waals surface area contributed by atoms with Crippen molar-refractivity contribution in [1.29, 1.82) is 0 Å². The Morgan fingerprint density at radius 1 is 1.23 bits per heavy atom. The zero-order chi connectivity index (χ0) is 33.7. The summed E-state index contributed by atoms with van der Waals surface area (Å²) < 4.78 is 47.6. The Morgan fingerprint density at radius 3 is 2.81 bits per heavy atom. The molecule has 4 nitrogen and oxygen atoms in total. The van der Waals surface area contributed by atoms with Crippen molar-refractivity contribution in [3.05, 3.63) is 73.9 Å². The summed E-state index contributed by atoms with van der Waals surface area (Å²) in [5.41, 5.74) is 5.44. The largest absolute Gasteiger partial charge is 0.769 e. The molecule has 1 saturated heterocycles. The van der Waals surface area contributed by atoms with Gasteiger partial charge in [-0.25, -0.2) is 12.0 Å². The second-order valence-electron chi connectivity index (χ2n) is 13.9. The number of thioether (sulfide) groups is 1. The van der Waals surface area contributed by atoms with E-state index in [2.05, 4.69) is 41.9 Å². The van der Waals surface area contributed by atoms with Gasteiger partial charge in [-0.3, -0.25) is 11.1 Å². The fraction of sp³-hybridized carbons (Fsp3) is 0.676. The van der Waals surface area contributed by atoms with Crippen LogP contribution in [-0.4, -0.2) is 36.3 Å². The van der Waals surface area contributed by atoms with Gasteiger partial charge in [-0.05, 0) is 66.1 Å². The molecule has 0 aromatic carbocycles. The van der Waals surface area contributed by atoms with Gasteiger partial charge in [0.15, 0.2) is 6.23 Å². The van der Waals surface area contributed by atoms with Gasteiger partial charge in [0, 0.05) is 43.8 Å². The monoisotopic (exact) mass is 783 g/mol. The van der Waals surface area contributed by atoms with Crippen LogP contribution in [0.3, 0.4) is 0 Å². The molecule has 2 aliphatic carbocycles. The molecule has 0 aromatic heterocycles. The number of hydrogen-bond acceptors (Lipinski definition) is 3. The van der Waals surface area contributed by atoms with Crippen molar-refractivity contribution < 1.29 is 31.7 Å². The number of allylic oxidation sites excluding steroid dienone is 6. The predicted octanol–water partition coefficient (Wildman–Crippen LogP) is 10.2. The summed E-state index contributed by atoms with van der Waals surface area (Å²) in [6.07, 6.45) is 17.7. The molecule has 7 rings (SSSR count). The molecular formula is C37H51IrN3OS-4. The van der Waals surface area contributed by atoms with Gasteiger partial charge in [0.05, 0.1) is 0 Å². The molecule has 7 aliphatic rings. The molecule has 1 radical (unpaired) electrons. The Labute approximate surface area is 286 Å². The first-order chi connectivity index (χ1) is 22.2. The molecule has 0 spiro atoms. The van der Waals surface area contributed by atoms with Crippen molar-refractivity contribution in [2.75, 3.05) is 13.1 Å². The number of fused-ring (bicyclic) bond motifs is 4. The maximum absolute atomic E-state index is 8.95. The van der Waals surface area contributed by atoms with E-state index in [4.69, 9.17) is 16.9 Å². The van der Waals surface area contributed by atoms with E-state index in [1.807, 2.05) is 27.7 Å². The summed E-state index contributed by atoms with van der Waals surface area (Å²) in [6, 6.07) is -0.0859. The number of aliphatic imine (C=N–C) groups is 1. The van der Waals surface area contributed by atoms with Gasteiger partial charge in [0.25, 0.3) is 0 Å². The quantitative estimate of drug-likeness (QED) is 0.268. The fourth-order valence-electron chi connectivity index (χ4n) is 7.26. The Bertz CT molecular complexity index is 1420. The minimum Gasteiger partial charge on any atom is -0.769 e. The van der Waals surface area contributed by atoms with Crippen molar-refractivity contribution in [1.82, 2.24) is 0 Å². The maximum atomic E-state index is 8.95. The van der Waals surface area contributed by atoms with Gasteiger partial charge in [-0.1, -0.05) is 65.7 Å². The van der Waals surface area contributed by atoms with Crippen LogP contribution in [-0.2, 0) is 24.8 Å². The Balaban J connectivity index is 0.000000270. The van der Waals surface area contributed by atoms with E-state index < -0.39 is 24.9 Å². The maximum Gasteiger partial charge on any atom is 0.171 e. The molecule has 1 fully saturated rings. The summed E-state index contributed by atoms with van der Waals surface area (Å²) in [7, 11) is 0. The first-order valence-electron chi connectivity index (χ1n) is 18.7. The summed E-state index contributed by atoms with van der Waals surface area (Å²) >= 11 is 1.73. The zero-order valence-electron chi connectivity index (χ0n) is 31.5. The molecule has 0 amide bonds. The van der Waals surface area contributed by atoms with Crippen LogP contribution in [0.2, 0.25) is 0 Å². The standard InChI is InChI=1S/C25H34N2OS.C12H17N.Ir/c1-14-9-10-18-16-7-6-8-19(22(16)28-24(18)27-14)21-23-17(11-12-26-21)20(15(2)29-23)13-25(3,4)5;1-10-7-8-12(13-9-10)11-5-3-2-4-6-11;/h8,11,16,18,21,23-24H,6-7,9-10,12-13H2,1-5H3;8,10H,2-5,7,9H2,1H3;/q2*-2;/t16-,18?,21?,23-,24?;10-;/m00./s1/i1D3,13D2;;. The molecule has 0 bridgehead atoms. The van der Waals surface area contributed by atoms with Gasteiger partial charge < -0.3 is 21.1 Å². The third-order valence-corrected chi connectivity index (χ3v) is 10.7. The summed E-state index contributed by atoms with van der Waals surface area (Å²) in [4.78, 5) is 5.59. The normalized spacial score (nSPS) is 35.8. The van der Waals surface area contributed by atoms with Gasteiger partial charge in [-0.15, -0.1) is 49.8 Å². The third-order valence-electron chi connectivity index (χ3n) is 9.35. The van der Waals surface area contributed by atoms with E-state index in [-0.39, 0.29) is 48.9 Å². The van der Waals surface area contributed by atoms with Crippen LogP contribution in [0.4, 0.5) is 0 Å². The molecule has 43 heavy (non-hydrogen) atoms. The van der Waals surface area contributed by atoms with Crippen LogP contribution in [0.5, 0.6) is 0 Å². The van der Waals surface area contributed by atoms with E-state index in [0.29, 0.717) is 13.0 Å². The van der Waals surface area contributed by atoms with Crippen LogP contribution in [0.15, 0.2) is 55.8 Å². The first-order valence-corrected chi connectivity index (χ1v) is 17.1. The number of nitrogens with zero attached hydrogens (tertiary/aromatic N) is 3. The van der Waals surface area contributed by atoms with Gasteiger partial charge >= 0.3 is 0 Å². The first kappa shape index (κ1) is 27.0. The Hall–Kier alpha value is -1.20. The van der Waals surface area contributed by atoms with E-state index in [0.717, 1.165) is 65.5 Å². The summed E-state index contributed by atoms with van der Waals surface area (Å²) in [5.74, 6) is 2.19. The molecular weight excluding hydrogens is 727 g/mol. The average molecular weight is 783 g/mol. The van der Waals surface area contributed by atoms with E-state index in [1.54, 1.807) is 11.8 Å². The molecule has 0 N–H and O–H groups in total. The Morgan fingerprint density at radius 2 is 2.09 bits per heavy atom. The van der Waals surface area contributed by atoms with Crippen LogP contribution in [0.1, 0.15) is 112 Å². The van der Waals surface area contributed by atoms with Crippen molar-refractivity contribution in [3.63, 3.8) is 0 Å². The molecule has 239 valence electrons. The number of ether oxygens (including phenoxy) is 1. The molecule has 6 heteroatoms. The summed E-state index contributed by atoms with van der Waals surface area (Å²) in [6.45, 7) is 9.60. The van der Waals surface area contributed by atoms with Crippen LogP contribution in [0.25, 0.3) is 10.6 Å². The van der Waals surface area contributed by atoms with Crippen LogP contribution in [0, 0.1) is 35.7 Å². The third kappa shape index (κ3) is 7.45. The topological polar surface area (TPSA) is 49.8 Å². The van der Waals surface area contributed by atoms with Crippen molar-refractivity contribution in [2.45, 2.75) is 123 Å². The van der Waals surface area contributed by atoms with Crippen LogP contribution < -0.4 is 0 Å². The van der Waals surface area contributed by atoms with E-state index in [9.17, 15) is 0 Å². The average Bonchev–Trinajstić information content (AvgIpc) is 3.58. The minimum atomic E-state index is -2.16. The van der Waals surface area contributed by atoms with Gasteiger partial charge in [-0.2, -0.15) is 11.6 Å².